The van der Waals surface area contributed by atoms with E-state index in [9.17, 15) is 0 Å². The van der Waals surface area contributed by atoms with Crippen molar-refractivity contribution < 1.29 is 0 Å². The van der Waals surface area contributed by atoms with Crippen molar-refractivity contribution in [3.8, 4) is 0 Å². The van der Waals surface area contributed by atoms with E-state index in [1.807, 2.05) is 11.3 Å². The lowest BCUT2D eigenvalue weighted by atomic mass is 10.0. The van der Waals surface area contributed by atoms with Crippen molar-refractivity contribution in [2.75, 3.05) is 6.54 Å². The molecular formula is C15H25NS. The maximum absolute atomic E-state index is 3.67. The summed E-state index contributed by atoms with van der Waals surface area (Å²) >= 11 is 2.02. The van der Waals surface area contributed by atoms with Crippen LogP contribution in [0.2, 0.25) is 0 Å². The summed E-state index contributed by atoms with van der Waals surface area (Å²) in [6, 6.07) is 5.45. The van der Waals surface area contributed by atoms with Crippen molar-refractivity contribution >= 4 is 11.3 Å². The molecule has 1 aromatic rings. The summed E-state index contributed by atoms with van der Waals surface area (Å²) in [5.74, 6) is 0.924. The topological polar surface area (TPSA) is 12.0 Å². The van der Waals surface area contributed by atoms with Gasteiger partial charge in [0.2, 0.25) is 0 Å². The summed E-state index contributed by atoms with van der Waals surface area (Å²) in [5, 5.41) is 3.67. The van der Waals surface area contributed by atoms with Crippen LogP contribution in [0.4, 0.5) is 0 Å². The van der Waals surface area contributed by atoms with Crippen molar-refractivity contribution in [1.29, 1.82) is 0 Å². The fourth-order valence-electron chi connectivity index (χ4n) is 2.80. The first-order valence-electron chi connectivity index (χ1n) is 7.12. The van der Waals surface area contributed by atoms with Gasteiger partial charge >= 0.3 is 0 Å². The summed E-state index contributed by atoms with van der Waals surface area (Å²) in [6.07, 6.45) is 7.95. The number of hydrogen-bond acceptors (Lipinski definition) is 2. The zero-order chi connectivity index (χ0) is 12.1. The SMILES string of the molecule is CCCNC1CCC(Cc2ccc(CC)s2)C1. The Kier molecular flexibility index (Phi) is 5.05. The number of nitrogens with one attached hydrogen (secondary N) is 1. The Hall–Kier alpha value is -0.340. The summed E-state index contributed by atoms with van der Waals surface area (Å²) < 4.78 is 0. The van der Waals surface area contributed by atoms with Crippen molar-refractivity contribution in [2.24, 2.45) is 5.92 Å². The molecule has 1 heterocycles. The fraction of sp³-hybridized carbons (Fsp3) is 0.733. The average molecular weight is 251 g/mol. The molecule has 1 aliphatic rings. The second kappa shape index (κ2) is 6.55. The van der Waals surface area contributed by atoms with Crippen LogP contribution in [0.15, 0.2) is 12.1 Å². The van der Waals surface area contributed by atoms with Gasteiger partial charge in [0.1, 0.15) is 0 Å². The van der Waals surface area contributed by atoms with E-state index < -0.39 is 0 Å². The first-order chi connectivity index (χ1) is 8.31. The highest BCUT2D eigenvalue weighted by Gasteiger charge is 2.24. The summed E-state index contributed by atoms with van der Waals surface area (Å²) in [7, 11) is 0. The molecule has 0 bridgehead atoms. The first kappa shape index (κ1) is 13.1. The van der Waals surface area contributed by atoms with E-state index in [1.54, 1.807) is 9.75 Å². The average Bonchev–Trinajstić information content (AvgIpc) is 2.96. The Labute approximate surface area is 110 Å². The third-order valence-corrected chi connectivity index (χ3v) is 5.03. The lowest BCUT2D eigenvalue weighted by Gasteiger charge is -2.12. The van der Waals surface area contributed by atoms with Crippen molar-refractivity contribution in [3.63, 3.8) is 0 Å². The van der Waals surface area contributed by atoms with Crippen LogP contribution in [0.25, 0.3) is 0 Å². The summed E-state index contributed by atoms with van der Waals surface area (Å²) in [4.78, 5) is 3.14. The van der Waals surface area contributed by atoms with Crippen LogP contribution in [0.5, 0.6) is 0 Å². The Balaban J connectivity index is 1.77. The van der Waals surface area contributed by atoms with Gasteiger partial charge in [0.05, 0.1) is 0 Å². The quantitative estimate of drug-likeness (QED) is 0.805. The summed E-state index contributed by atoms with van der Waals surface area (Å²) in [5.41, 5.74) is 0. The van der Waals surface area contributed by atoms with E-state index >= 15 is 0 Å². The Morgan fingerprint density at radius 2 is 2.06 bits per heavy atom. The molecule has 1 aromatic heterocycles. The first-order valence-corrected chi connectivity index (χ1v) is 7.94. The molecular weight excluding hydrogens is 226 g/mol. The zero-order valence-corrected chi connectivity index (χ0v) is 12.0. The van der Waals surface area contributed by atoms with Gasteiger partial charge < -0.3 is 5.32 Å². The lowest BCUT2D eigenvalue weighted by molar-refractivity contribution is 0.486. The molecule has 1 fully saturated rings. The minimum Gasteiger partial charge on any atom is -0.314 e. The predicted molar refractivity (Wildman–Crippen MR) is 76.8 cm³/mol. The molecule has 0 spiro atoms. The van der Waals surface area contributed by atoms with Gasteiger partial charge in [-0.25, -0.2) is 0 Å². The molecule has 2 atom stereocenters. The van der Waals surface area contributed by atoms with Gasteiger partial charge in [-0.2, -0.15) is 0 Å². The van der Waals surface area contributed by atoms with Crippen molar-refractivity contribution in [3.05, 3.63) is 21.9 Å². The maximum atomic E-state index is 3.67. The smallest absolute Gasteiger partial charge is 0.00699 e. The minimum atomic E-state index is 0.797. The van der Waals surface area contributed by atoms with E-state index in [0.29, 0.717) is 0 Å². The molecule has 17 heavy (non-hydrogen) atoms. The molecule has 0 aliphatic heterocycles. The molecule has 1 N–H and O–H groups in total. The van der Waals surface area contributed by atoms with Gasteiger partial charge in [-0.1, -0.05) is 13.8 Å². The molecule has 0 radical (unpaired) electrons. The molecule has 1 nitrogen and oxygen atoms in total. The van der Waals surface area contributed by atoms with E-state index in [2.05, 4.69) is 31.3 Å². The Bertz CT molecular complexity index is 331. The van der Waals surface area contributed by atoms with Crippen LogP contribution in [-0.4, -0.2) is 12.6 Å². The third kappa shape index (κ3) is 3.82. The number of thiophene rings is 1. The highest BCUT2D eigenvalue weighted by molar-refractivity contribution is 7.11. The summed E-state index contributed by atoms with van der Waals surface area (Å²) in [6.45, 7) is 5.68. The molecule has 96 valence electrons. The van der Waals surface area contributed by atoms with Crippen LogP contribution in [0.1, 0.15) is 49.3 Å². The molecule has 1 aliphatic carbocycles. The molecule has 0 amide bonds. The van der Waals surface area contributed by atoms with Crippen LogP contribution < -0.4 is 5.32 Å². The largest absolute Gasteiger partial charge is 0.314 e. The monoisotopic (exact) mass is 251 g/mol. The Morgan fingerprint density at radius 1 is 1.24 bits per heavy atom. The lowest BCUT2D eigenvalue weighted by Crippen LogP contribution is -2.27. The van der Waals surface area contributed by atoms with Gasteiger partial charge in [0, 0.05) is 15.8 Å². The van der Waals surface area contributed by atoms with Gasteiger partial charge in [0.25, 0.3) is 0 Å². The van der Waals surface area contributed by atoms with Gasteiger partial charge in [-0.05, 0) is 63.1 Å². The van der Waals surface area contributed by atoms with E-state index in [4.69, 9.17) is 0 Å². The predicted octanol–water partition coefficient (Wildman–Crippen LogP) is 4.02. The molecule has 1 saturated carbocycles. The minimum absolute atomic E-state index is 0.797. The number of rotatable bonds is 6. The number of aryl methyl sites for hydroxylation is 1. The highest BCUT2D eigenvalue weighted by Crippen LogP contribution is 2.30. The van der Waals surface area contributed by atoms with Crippen LogP contribution >= 0.6 is 11.3 Å². The highest BCUT2D eigenvalue weighted by atomic mass is 32.1. The zero-order valence-electron chi connectivity index (χ0n) is 11.2. The van der Waals surface area contributed by atoms with E-state index in [0.717, 1.165) is 12.0 Å². The number of hydrogen-bond donors (Lipinski definition) is 1. The van der Waals surface area contributed by atoms with Gasteiger partial charge in [-0.15, -0.1) is 11.3 Å². The van der Waals surface area contributed by atoms with Gasteiger partial charge in [0.15, 0.2) is 0 Å². The van der Waals surface area contributed by atoms with Crippen molar-refractivity contribution in [2.45, 2.75) is 58.4 Å². The molecule has 0 aromatic carbocycles. The van der Waals surface area contributed by atoms with Crippen LogP contribution in [0.3, 0.4) is 0 Å². The molecule has 0 saturated heterocycles. The van der Waals surface area contributed by atoms with Crippen LogP contribution in [0, 0.1) is 5.92 Å². The second-order valence-electron chi connectivity index (χ2n) is 5.26. The maximum Gasteiger partial charge on any atom is 0.00699 e. The van der Waals surface area contributed by atoms with E-state index in [1.165, 1.54) is 45.1 Å². The van der Waals surface area contributed by atoms with Crippen LogP contribution in [-0.2, 0) is 12.8 Å². The van der Waals surface area contributed by atoms with E-state index in [-0.39, 0.29) is 0 Å². The molecule has 2 rings (SSSR count). The standard InChI is InChI=1S/C15H25NS/c1-3-9-16-13-6-5-12(10-13)11-15-8-7-14(4-2)17-15/h7-8,12-13,16H,3-6,9-11H2,1-2H3. The van der Waals surface area contributed by atoms with Gasteiger partial charge in [-0.3, -0.25) is 0 Å². The van der Waals surface area contributed by atoms with Crippen molar-refractivity contribution in [1.82, 2.24) is 5.32 Å². The molecule has 2 heteroatoms. The Morgan fingerprint density at radius 3 is 2.76 bits per heavy atom. The normalized spacial score (nSPS) is 24.4. The fourth-order valence-corrected chi connectivity index (χ4v) is 3.87. The second-order valence-corrected chi connectivity index (χ2v) is 6.51. The molecule has 2 unspecified atom stereocenters. The third-order valence-electron chi connectivity index (χ3n) is 3.78.